The molecule has 0 spiro atoms. The molecule has 1 fully saturated rings. The molecule has 0 aliphatic carbocycles. The van der Waals surface area contributed by atoms with Gasteiger partial charge in [-0.1, -0.05) is 17.7 Å². The Bertz CT molecular complexity index is 794. The van der Waals surface area contributed by atoms with E-state index < -0.39 is 10.0 Å². The Morgan fingerprint density at radius 1 is 1.46 bits per heavy atom. The van der Waals surface area contributed by atoms with Gasteiger partial charge in [0.15, 0.2) is 5.13 Å². The lowest BCUT2D eigenvalue weighted by molar-refractivity contribution is 0.410. The molecule has 1 atom stereocenters. The molecular weight excluding hydrogens is 366 g/mol. The highest BCUT2D eigenvalue weighted by Gasteiger charge is 2.24. The Morgan fingerprint density at radius 3 is 3.00 bits per heavy atom. The van der Waals surface area contributed by atoms with Gasteiger partial charge in [0.1, 0.15) is 0 Å². The number of piperidine rings is 1. The molecule has 0 amide bonds. The first-order valence-electron chi connectivity index (χ1n) is 7.86. The summed E-state index contributed by atoms with van der Waals surface area (Å²) in [6, 6.07) is 4.82. The molecule has 1 saturated heterocycles. The van der Waals surface area contributed by atoms with Crippen molar-refractivity contribution in [3.8, 4) is 0 Å². The molecule has 5 nitrogen and oxygen atoms in total. The molecule has 0 saturated carbocycles. The van der Waals surface area contributed by atoms with Gasteiger partial charge in [-0.2, -0.15) is 0 Å². The normalized spacial score (nSPS) is 18.8. The van der Waals surface area contributed by atoms with Crippen molar-refractivity contribution < 1.29 is 8.42 Å². The Morgan fingerprint density at radius 2 is 2.29 bits per heavy atom. The lowest BCUT2D eigenvalue weighted by atomic mass is 9.99. The maximum absolute atomic E-state index is 12.5. The van der Waals surface area contributed by atoms with Crippen LogP contribution in [-0.2, 0) is 10.0 Å². The van der Waals surface area contributed by atoms with Gasteiger partial charge in [0.2, 0.25) is 10.0 Å². The van der Waals surface area contributed by atoms with Crippen LogP contribution in [0.25, 0.3) is 0 Å². The third-order valence-electron chi connectivity index (χ3n) is 4.22. The van der Waals surface area contributed by atoms with E-state index in [1.165, 1.54) is 6.07 Å². The molecule has 1 N–H and O–H groups in total. The van der Waals surface area contributed by atoms with E-state index in [1.54, 1.807) is 29.7 Å². The topological polar surface area (TPSA) is 62.3 Å². The molecular formula is C16H20ClN3O2S2. The molecule has 130 valence electrons. The average Bonchev–Trinajstić information content (AvgIpc) is 3.10. The van der Waals surface area contributed by atoms with Gasteiger partial charge < -0.3 is 4.90 Å². The molecule has 2 heterocycles. The van der Waals surface area contributed by atoms with E-state index in [2.05, 4.69) is 14.6 Å². The van der Waals surface area contributed by atoms with Crippen molar-refractivity contribution in [2.24, 2.45) is 5.92 Å². The summed E-state index contributed by atoms with van der Waals surface area (Å²) < 4.78 is 27.6. The largest absolute Gasteiger partial charge is 0.348 e. The first-order chi connectivity index (χ1) is 11.5. The molecule has 24 heavy (non-hydrogen) atoms. The first-order valence-corrected chi connectivity index (χ1v) is 10.6. The molecule has 1 aliphatic rings. The molecule has 0 radical (unpaired) electrons. The van der Waals surface area contributed by atoms with Gasteiger partial charge in [0, 0.05) is 36.2 Å². The van der Waals surface area contributed by atoms with Gasteiger partial charge in [-0.15, -0.1) is 11.3 Å². The van der Waals surface area contributed by atoms with Crippen LogP contribution in [0.5, 0.6) is 0 Å². The number of sulfonamides is 1. The lowest BCUT2D eigenvalue weighted by Crippen LogP contribution is -2.41. The number of nitrogens with zero attached hydrogens (tertiary/aromatic N) is 2. The lowest BCUT2D eigenvalue weighted by Gasteiger charge is -2.32. The Balaban J connectivity index is 1.62. The van der Waals surface area contributed by atoms with Crippen LogP contribution in [0.4, 0.5) is 5.13 Å². The number of benzene rings is 1. The van der Waals surface area contributed by atoms with Gasteiger partial charge in [-0.25, -0.2) is 18.1 Å². The van der Waals surface area contributed by atoms with Gasteiger partial charge in [-0.05, 0) is 43.4 Å². The maximum Gasteiger partial charge on any atom is 0.240 e. The van der Waals surface area contributed by atoms with Crippen LogP contribution in [-0.4, -0.2) is 33.0 Å². The smallest absolute Gasteiger partial charge is 0.240 e. The minimum absolute atomic E-state index is 0.214. The predicted octanol–water partition coefficient (Wildman–Crippen LogP) is 3.30. The van der Waals surface area contributed by atoms with Gasteiger partial charge in [0.05, 0.1) is 4.90 Å². The minimum atomic E-state index is -3.54. The monoisotopic (exact) mass is 385 g/mol. The van der Waals surface area contributed by atoms with Gasteiger partial charge in [0.25, 0.3) is 0 Å². The summed E-state index contributed by atoms with van der Waals surface area (Å²) in [5, 5.41) is 3.43. The van der Waals surface area contributed by atoms with E-state index >= 15 is 0 Å². The molecule has 0 bridgehead atoms. The van der Waals surface area contributed by atoms with Crippen LogP contribution in [0.2, 0.25) is 5.02 Å². The van der Waals surface area contributed by atoms with Crippen LogP contribution in [0.1, 0.15) is 18.4 Å². The van der Waals surface area contributed by atoms with E-state index in [9.17, 15) is 8.42 Å². The molecule has 1 aromatic heterocycles. The zero-order valence-corrected chi connectivity index (χ0v) is 15.8. The summed E-state index contributed by atoms with van der Waals surface area (Å²) in [5.41, 5.74) is 0.863. The Labute approximate surface area is 151 Å². The standard InChI is InChI=1S/C16H20ClN3O2S2/c1-12-4-5-14(9-15(12)17)24(21,22)19-10-13-3-2-7-20(11-13)16-18-6-8-23-16/h4-6,8-9,13,19H,2-3,7,10-11H2,1H3. The summed E-state index contributed by atoms with van der Waals surface area (Å²) in [7, 11) is -3.54. The molecule has 2 aromatic rings. The highest BCUT2D eigenvalue weighted by molar-refractivity contribution is 7.89. The highest BCUT2D eigenvalue weighted by atomic mass is 35.5. The van der Waals surface area contributed by atoms with Crippen LogP contribution in [0, 0.1) is 12.8 Å². The van der Waals surface area contributed by atoms with Crippen LogP contribution < -0.4 is 9.62 Å². The Hall–Kier alpha value is -1.15. The third kappa shape index (κ3) is 4.08. The number of nitrogens with one attached hydrogen (secondary N) is 1. The quantitative estimate of drug-likeness (QED) is 0.857. The second-order valence-corrected chi connectivity index (χ2v) is 9.08. The Kier molecular flexibility index (Phi) is 5.44. The van der Waals surface area contributed by atoms with Crippen LogP contribution >= 0.6 is 22.9 Å². The van der Waals surface area contributed by atoms with Crippen LogP contribution in [0.3, 0.4) is 0 Å². The molecule has 3 rings (SSSR count). The van der Waals surface area contributed by atoms with Gasteiger partial charge in [-0.3, -0.25) is 0 Å². The molecule has 1 aromatic carbocycles. The van der Waals surface area contributed by atoms with Crippen molar-refractivity contribution in [2.75, 3.05) is 24.5 Å². The van der Waals surface area contributed by atoms with Crippen molar-refractivity contribution in [3.63, 3.8) is 0 Å². The number of aryl methyl sites for hydroxylation is 1. The third-order valence-corrected chi connectivity index (χ3v) is 6.89. The van der Waals surface area contributed by atoms with Crippen molar-refractivity contribution in [1.29, 1.82) is 0 Å². The van der Waals surface area contributed by atoms with E-state index in [0.717, 1.165) is 36.6 Å². The SMILES string of the molecule is Cc1ccc(S(=O)(=O)NCC2CCCN(c3nccs3)C2)cc1Cl. The average molecular weight is 386 g/mol. The first kappa shape index (κ1) is 17.7. The zero-order valence-electron chi connectivity index (χ0n) is 13.4. The van der Waals surface area contributed by atoms with Crippen molar-refractivity contribution in [3.05, 3.63) is 40.4 Å². The fourth-order valence-corrected chi connectivity index (χ4v) is 4.90. The summed E-state index contributed by atoms with van der Waals surface area (Å²) in [6.07, 6.45) is 3.86. The van der Waals surface area contributed by atoms with E-state index in [-0.39, 0.29) is 10.8 Å². The van der Waals surface area contributed by atoms with Gasteiger partial charge >= 0.3 is 0 Å². The van der Waals surface area contributed by atoms with Crippen molar-refractivity contribution in [1.82, 2.24) is 9.71 Å². The fourth-order valence-electron chi connectivity index (χ4n) is 2.83. The number of hydrogen-bond acceptors (Lipinski definition) is 5. The summed E-state index contributed by atoms with van der Waals surface area (Å²) in [4.78, 5) is 6.79. The number of anilines is 1. The second kappa shape index (κ2) is 7.39. The molecule has 1 unspecified atom stereocenters. The maximum atomic E-state index is 12.5. The summed E-state index contributed by atoms with van der Waals surface area (Å²) >= 11 is 7.66. The number of rotatable bonds is 5. The summed E-state index contributed by atoms with van der Waals surface area (Å²) in [6.45, 7) is 4.08. The summed E-state index contributed by atoms with van der Waals surface area (Å²) in [5.74, 6) is 0.276. The van der Waals surface area contributed by atoms with E-state index in [0.29, 0.717) is 11.6 Å². The zero-order chi connectivity index (χ0) is 17.2. The number of aromatic nitrogens is 1. The minimum Gasteiger partial charge on any atom is -0.348 e. The predicted molar refractivity (Wildman–Crippen MR) is 98.4 cm³/mol. The number of halogens is 1. The number of thiazole rings is 1. The van der Waals surface area contributed by atoms with Crippen LogP contribution in [0.15, 0.2) is 34.7 Å². The second-order valence-electron chi connectivity index (χ2n) is 6.03. The van der Waals surface area contributed by atoms with E-state index in [1.807, 2.05) is 12.3 Å². The number of hydrogen-bond donors (Lipinski definition) is 1. The molecule has 8 heteroatoms. The molecule has 1 aliphatic heterocycles. The fraction of sp³-hybridized carbons (Fsp3) is 0.438. The van der Waals surface area contributed by atoms with Crippen molar-refractivity contribution >= 4 is 38.1 Å². The van der Waals surface area contributed by atoms with Crippen molar-refractivity contribution in [2.45, 2.75) is 24.7 Å². The highest BCUT2D eigenvalue weighted by Crippen LogP contribution is 2.25. The van der Waals surface area contributed by atoms with E-state index in [4.69, 9.17) is 11.6 Å².